The molecule has 1 aromatic carbocycles. The summed E-state index contributed by atoms with van der Waals surface area (Å²) in [5.74, 6) is 0.187. The number of nitrogens with zero attached hydrogens (tertiary/aromatic N) is 5. The Labute approximate surface area is 163 Å². The molecule has 1 saturated heterocycles. The third kappa shape index (κ3) is 3.66. The fraction of sp³-hybridized carbons (Fsp3) is 0.286. The van der Waals surface area contributed by atoms with E-state index in [-0.39, 0.29) is 11.7 Å². The third-order valence-electron chi connectivity index (χ3n) is 5.08. The SMILES string of the molecule is CN1CCN(C(=O)c2cc(-c3cnc(-c4cccc(F)c4)nc3)cn2C)CC1. The molecule has 3 heterocycles. The van der Waals surface area contributed by atoms with Gasteiger partial charge in [0.1, 0.15) is 11.5 Å². The van der Waals surface area contributed by atoms with Crippen LogP contribution in [0.5, 0.6) is 0 Å². The van der Waals surface area contributed by atoms with Crippen molar-refractivity contribution in [2.24, 2.45) is 7.05 Å². The fourth-order valence-electron chi connectivity index (χ4n) is 3.36. The summed E-state index contributed by atoms with van der Waals surface area (Å²) in [6.45, 7) is 3.25. The average Bonchev–Trinajstić information content (AvgIpc) is 3.10. The predicted molar refractivity (Wildman–Crippen MR) is 105 cm³/mol. The molecule has 0 spiro atoms. The Morgan fingerprint density at radius 1 is 0.964 bits per heavy atom. The number of benzene rings is 1. The van der Waals surface area contributed by atoms with Crippen molar-refractivity contribution in [3.8, 4) is 22.5 Å². The smallest absolute Gasteiger partial charge is 0.270 e. The molecule has 0 N–H and O–H groups in total. The van der Waals surface area contributed by atoms with Gasteiger partial charge in [0, 0.05) is 68.5 Å². The molecular weight excluding hydrogens is 357 g/mol. The zero-order chi connectivity index (χ0) is 19.7. The van der Waals surface area contributed by atoms with Crippen molar-refractivity contribution in [2.75, 3.05) is 33.2 Å². The molecule has 0 unspecified atom stereocenters. The maximum atomic E-state index is 13.4. The second-order valence-electron chi connectivity index (χ2n) is 7.13. The zero-order valence-corrected chi connectivity index (χ0v) is 16.0. The van der Waals surface area contributed by atoms with Gasteiger partial charge in [-0.25, -0.2) is 14.4 Å². The predicted octanol–water partition coefficient (Wildman–Crippen LogP) is 2.68. The minimum Gasteiger partial charge on any atom is -0.346 e. The van der Waals surface area contributed by atoms with E-state index in [1.165, 1.54) is 12.1 Å². The quantitative estimate of drug-likeness (QED) is 0.702. The first-order chi connectivity index (χ1) is 13.5. The third-order valence-corrected chi connectivity index (χ3v) is 5.08. The number of hydrogen-bond acceptors (Lipinski definition) is 4. The van der Waals surface area contributed by atoms with Gasteiger partial charge in [0.05, 0.1) is 0 Å². The number of carbonyl (C=O) groups is 1. The lowest BCUT2D eigenvalue weighted by Gasteiger charge is -2.32. The Bertz CT molecular complexity index is 990. The van der Waals surface area contributed by atoms with Gasteiger partial charge in [-0.1, -0.05) is 12.1 Å². The Kier molecular flexibility index (Phi) is 4.92. The van der Waals surface area contributed by atoms with Gasteiger partial charge < -0.3 is 14.4 Å². The summed E-state index contributed by atoms with van der Waals surface area (Å²) in [4.78, 5) is 25.7. The Hall–Kier alpha value is -3.06. The highest BCUT2D eigenvalue weighted by Crippen LogP contribution is 2.23. The van der Waals surface area contributed by atoms with Crippen molar-refractivity contribution in [3.63, 3.8) is 0 Å². The number of aromatic nitrogens is 3. The van der Waals surface area contributed by atoms with Crippen LogP contribution in [0.2, 0.25) is 0 Å². The topological polar surface area (TPSA) is 54.3 Å². The molecule has 144 valence electrons. The average molecular weight is 379 g/mol. The molecule has 1 aliphatic heterocycles. The second-order valence-corrected chi connectivity index (χ2v) is 7.13. The lowest BCUT2D eigenvalue weighted by molar-refractivity contribution is 0.0654. The molecule has 0 bridgehead atoms. The van der Waals surface area contributed by atoms with Gasteiger partial charge in [0.25, 0.3) is 5.91 Å². The molecule has 3 aromatic rings. The first-order valence-electron chi connectivity index (χ1n) is 9.24. The summed E-state index contributed by atoms with van der Waals surface area (Å²) in [5.41, 5.74) is 2.97. The maximum absolute atomic E-state index is 13.4. The van der Waals surface area contributed by atoms with Crippen LogP contribution < -0.4 is 0 Å². The van der Waals surface area contributed by atoms with Crippen LogP contribution in [0.25, 0.3) is 22.5 Å². The fourth-order valence-corrected chi connectivity index (χ4v) is 3.36. The number of carbonyl (C=O) groups excluding carboxylic acids is 1. The number of rotatable bonds is 3. The van der Waals surface area contributed by atoms with Crippen molar-refractivity contribution < 1.29 is 9.18 Å². The Morgan fingerprint density at radius 3 is 2.36 bits per heavy atom. The van der Waals surface area contributed by atoms with E-state index in [1.54, 1.807) is 24.5 Å². The first-order valence-corrected chi connectivity index (χ1v) is 9.24. The van der Waals surface area contributed by atoms with E-state index >= 15 is 0 Å². The normalized spacial score (nSPS) is 15.0. The number of halogens is 1. The maximum Gasteiger partial charge on any atom is 0.270 e. The summed E-state index contributed by atoms with van der Waals surface area (Å²) >= 11 is 0. The van der Waals surface area contributed by atoms with Crippen molar-refractivity contribution >= 4 is 5.91 Å². The number of hydrogen-bond donors (Lipinski definition) is 0. The molecule has 0 saturated carbocycles. The van der Waals surface area contributed by atoms with E-state index in [4.69, 9.17) is 0 Å². The summed E-state index contributed by atoms with van der Waals surface area (Å²) in [6, 6.07) is 8.08. The van der Waals surface area contributed by atoms with E-state index in [2.05, 4.69) is 21.9 Å². The molecule has 0 aliphatic carbocycles. The molecule has 1 amide bonds. The summed E-state index contributed by atoms with van der Waals surface area (Å²) in [6.07, 6.45) is 5.31. The molecule has 1 aliphatic rings. The van der Waals surface area contributed by atoms with E-state index in [1.807, 2.05) is 28.8 Å². The standard InChI is InChI=1S/C21H22FN5O/c1-25-6-8-27(9-7-25)21(28)19-11-16(14-26(19)2)17-12-23-20(24-13-17)15-4-3-5-18(22)10-15/h3-5,10-14H,6-9H2,1-2H3. The van der Waals surface area contributed by atoms with E-state index in [9.17, 15) is 9.18 Å². The number of piperazine rings is 1. The minimum atomic E-state index is -0.319. The van der Waals surface area contributed by atoms with E-state index < -0.39 is 0 Å². The Balaban J connectivity index is 1.55. The number of likely N-dealkylation sites (N-methyl/N-ethyl adjacent to an activating group) is 1. The van der Waals surface area contributed by atoms with Crippen LogP contribution in [0, 0.1) is 5.82 Å². The monoisotopic (exact) mass is 379 g/mol. The Morgan fingerprint density at radius 2 is 1.68 bits per heavy atom. The lowest BCUT2D eigenvalue weighted by Crippen LogP contribution is -2.47. The highest BCUT2D eigenvalue weighted by Gasteiger charge is 2.23. The van der Waals surface area contributed by atoms with E-state index in [0.717, 1.165) is 37.3 Å². The van der Waals surface area contributed by atoms with Crippen molar-refractivity contribution in [1.82, 2.24) is 24.3 Å². The van der Waals surface area contributed by atoms with Crippen molar-refractivity contribution in [1.29, 1.82) is 0 Å². The van der Waals surface area contributed by atoms with Crippen LogP contribution >= 0.6 is 0 Å². The molecule has 6 nitrogen and oxygen atoms in total. The van der Waals surface area contributed by atoms with Crippen molar-refractivity contribution in [3.05, 3.63) is 60.4 Å². The molecule has 7 heteroatoms. The van der Waals surface area contributed by atoms with Crippen LogP contribution in [-0.2, 0) is 7.05 Å². The summed E-state index contributed by atoms with van der Waals surface area (Å²) < 4.78 is 15.2. The van der Waals surface area contributed by atoms with Gasteiger partial charge in [0.15, 0.2) is 5.82 Å². The first kappa shape index (κ1) is 18.3. The molecule has 28 heavy (non-hydrogen) atoms. The zero-order valence-electron chi connectivity index (χ0n) is 16.0. The van der Waals surface area contributed by atoms with Gasteiger partial charge in [-0.2, -0.15) is 0 Å². The van der Waals surface area contributed by atoms with Gasteiger partial charge in [-0.15, -0.1) is 0 Å². The van der Waals surface area contributed by atoms with Gasteiger partial charge in [-0.3, -0.25) is 4.79 Å². The molecular formula is C21H22FN5O. The summed E-state index contributed by atoms with van der Waals surface area (Å²) in [7, 11) is 3.94. The number of amides is 1. The minimum absolute atomic E-state index is 0.0409. The van der Waals surface area contributed by atoms with Crippen molar-refractivity contribution in [2.45, 2.75) is 0 Å². The van der Waals surface area contributed by atoms with Crippen LogP contribution in [0.3, 0.4) is 0 Å². The number of aryl methyl sites for hydroxylation is 1. The highest BCUT2D eigenvalue weighted by atomic mass is 19.1. The van der Waals surface area contributed by atoms with Crippen LogP contribution in [0.4, 0.5) is 4.39 Å². The largest absolute Gasteiger partial charge is 0.346 e. The molecule has 0 radical (unpaired) electrons. The lowest BCUT2D eigenvalue weighted by atomic mass is 10.1. The van der Waals surface area contributed by atoms with Crippen LogP contribution in [-0.4, -0.2) is 63.5 Å². The van der Waals surface area contributed by atoms with Crippen LogP contribution in [0.15, 0.2) is 48.9 Å². The molecule has 1 fully saturated rings. The molecule has 2 aromatic heterocycles. The second kappa shape index (κ2) is 7.52. The summed E-state index contributed by atoms with van der Waals surface area (Å²) in [5, 5.41) is 0. The van der Waals surface area contributed by atoms with Gasteiger partial charge >= 0.3 is 0 Å². The molecule has 4 rings (SSSR count). The van der Waals surface area contributed by atoms with Crippen LogP contribution in [0.1, 0.15) is 10.5 Å². The van der Waals surface area contributed by atoms with E-state index in [0.29, 0.717) is 17.1 Å². The molecule has 0 atom stereocenters. The highest BCUT2D eigenvalue weighted by molar-refractivity contribution is 5.94. The van der Waals surface area contributed by atoms with Gasteiger partial charge in [-0.05, 0) is 25.2 Å². The van der Waals surface area contributed by atoms with Gasteiger partial charge in [0.2, 0.25) is 0 Å².